The number of benzene rings is 1. The Bertz CT molecular complexity index is 1800. The highest BCUT2D eigenvalue weighted by Crippen LogP contribution is 2.36. The maximum Gasteiger partial charge on any atom is 0.415 e. The lowest BCUT2D eigenvalue weighted by molar-refractivity contribution is -0.208. The zero-order chi connectivity index (χ0) is 31.0. The lowest BCUT2D eigenvalue weighted by atomic mass is 10.0. The third kappa shape index (κ3) is 6.14. The number of aromatic nitrogens is 6. The summed E-state index contributed by atoms with van der Waals surface area (Å²) in [5.74, 6) is -1.61. The topological polar surface area (TPSA) is 113 Å². The van der Waals surface area contributed by atoms with Crippen molar-refractivity contribution >= 4 is 17.4 Å². The fraction of sp³-hybridized carbons (Fsp3) is 0.276. The van der Waals surface area contributed by atoms with E-state index in [0.29, 0.717) is 54.2 Å². The first-order valence-electron chi connectivity index (χ1n) is 13.6. The van der Waals surface area contributed by atoms with Gasteiger partial charge in [0.05, 0.1) is 23.9 Å². The van der Waals surface area contributed by atoms with Crippen molar-refractivity contribution in [2.24, 2.45) is 0 Å². The number of carbonyl (C=O) groups is 1. The van der Waals surface area contributed by atoms with Crippen LogP contribution in [0.25, 0.3) is 28.3 Å². The van der Waals surface area contributed by atoms with Crippen molar-refractivity contribution in [1.29, 1.82) is 0 Å². The van der Waals surface area contributed by atoms with Gasteiger partial charge in [0.2, 0.25) is 5.95 Å². The van der Waals surface area contributed by atoms with Crippen LogP contribution < -0.4 is 5.32 Å². The van der Waals surface area contributed by atoms with Crippen LogP contribution in [0.15, 0.2) is 67.3 Å². The molecule has 44 heavy (non-hydrogen) atoms. The molecule has 1 atom stereocenters. The van der Waals surface area contributed by atoms with Crippen molar-refractivity contribution in [3.63, 3.8) is 0 Å². The molecule has 1 aliphatic heterocycles. The van der Waals surface area contributed by atoms with Crippen LogP contribution in [0.1, 0.15) is 29.2 Å². The number of nitrogens with one attached hydrogen (secondary N) is 1. The van der Waals surface area contributed by atoms with E-state index >= 15 is 0 Å². The molecule has 5 heterocycles. The van der Waals surface area contributed by atoms with Crippen molar-refractivity contribution in [3.8, 4) is 22.6 Å². The third-order valence-electron chi connectivity index (χ3n) is 7.46. The Balaban J connectivity index is 1.30. The third-order valence-corrected chi connectivity index (χ3v) is 7.46. The summed E-state index contributed by atoms with van der Waals surface area (Å²) in [7, 11) is 0. The second-order valence-electron chi connectivity index (χ2n) is 10.4. The molecule has 1 aromatic carbocycles. The predicted molar refractivity (Wildman–Crippen MR) is 149 cm³/mol. The number of fused-ring (bicyclic) bond motifs is 1. The van der Waals surface area contributed by atoms with Crippen molar-refractivity contribution in [3.05, 3.63) is 84.6 Å². The van der Waals surface area contributed by atoms with E-state index in [1.165, 1.54) is 35.1 Å². The Morgan fingerprint density at radius 1 is 1.05 bits per heavy atom. The van der Waals surface area contributed by atoms with Crippen molar-refractivity contribution < 1.29 is 31.9 Å². The van der Waals surface area contributed by atoms with Crippen LogP contribution in [-0.4, -0.2) is 77.0 Å². The Hall–Kier alpha value is -4.76. The smallest absolute Gasteiger partial charge is 0.382 e. The van der Waals surface area contributed by atoms with E-state index in [-0.39, 0.29) is 17.4 Å². The first-order valence-corrected chi connectivity index (χ1v) is 13.6. The minimum Gasteiger partial charge on any atom is -0.382 e. The van der Waals surface area contributed by atoms with Gasteiger partial charge in [-0.1, -0.05) is 0 Å². The number of piperidine rings is 1. The lowest BCUT2D eigenvalue weighted by Crippen LogP contribution is -2.44. The molecule has 228 valence electrons. The fourth-order valence-corrected chi connectivity index (χ4v) is 5.24. The molecule has 1 amide bonds. The monoisotopic (exact) mass is 612 g/mol. The van der Waals surface area contributed by atoms with Gasteiger partial charge in [0.15, 0.2) is 17.6 Å². The average Bonchev–Trinajstić information content (AvgIpc) is 3.61. The number of likely N-dealkylation sites (tertiary alicyclic amines) is 1. The van der Waals surface area contributed by atoms with E-state index in [9.17, 15) is 31.9 Å². The highest BCUT2D eigenvalue weighted by molar-refractivity contribution is 6.03. The molecule has 0 bridgehead atoms. The number of alkyl halides is 3. The summed E-state index contributed by atoms with van der Waals surface area (Å²) in [5, 5.41) is 16.8. The van der Waals surface area contributed by atoms with Gasteiger partial charge >= 0.3 is 6.18 Å². The number of nitrogens with zero attached hydrogens (tertiary/aromatic N) is 7. The number of carbonyl (C=O) groups excluding carboxylic acids is 1. The quantitative estimate of drug-likeness (QED) is 0.202. The van der Waals surface area contributed by atoms with E-state index in [4.69, 9.17) is 5.10 Å². The van der Waals surface area contributed by atoms with Gasteiger partial charge < -0.3 is 19.9 Å². The SMILES string of the molecule is O=C(Nc1cn2nc(-c3c(-c4ccc(F)cc4)ncn3C3CCN(CC(O)C(F)(F)F)CC3)ccc2n1)c1ccnc(F)c1. The van der Waals surface area contributed by atoms with Gasteiger partial charge in [-0.05, 0) is 55.3 Å². The van der Waals surface area contributed by atoms with Crippen molar-refractivity contribution in [1.82, 2.24) is 34.0 Å². The van der Waals surface area contributed by atoms with E-state index in [2.05, 4.69) is 20.3 Å². The Labute approximate surface area is 246 Å². The maximum absolute atomic E-state index is 13.7. The number of imidazole rings is 2. The van der Waals surface area contributed by atoms with E-state index in [1.807, 2.05) is 4.57 Å². The van der Waals surface area contributed by atoms with Crippen LogP contribution in [0, 0.1) is 11.8 Å². The van der Waals surface area contributed by atoms with Crippen molar-refractivity contribution in [2.45, 2.75) is 31.2 Å². The molecule has 6 rings (SSSR count). The fourth-order valence-electron chi connectivity index (χ4n) is 5.24. The van der Waals surface area contributed by atoms with Gasteiger partial charge in [0.1, 0.15) is 11.5 Å². The standard InChI is InChI=1S/C29H25F5N8O2/c30-19-3-1-17(2-4-19)26-27(41(16-36-26)20-8-11-40(12-9-20)14-22(43)29(32,33)34)21-5-6-25-37-24(15-42(25)39-21)38-28(44)18-7-10-35-23(31)13-18/h1-7,10,13,15-16,20,22,43H,8-9,11-12,14H2,(H,38,44). The minimum absolute atomic E-state index is 0.0648. The van der Waals surface area contributed by atoms with Crippen LogP contribution in [-0.2, 0) is 0 Å². The molecule has 0 saturated carbocycles. The summed E-state index contributed by atoms with van der Waals surface area (Å²) in [6.45, 7) is 0.168. The largest absolute Gasteiger partial charge is 0.415 e. The van der Waals surface area contributed by atoms with E-state index in [1.54, 1.807) is 35.5 Å². The molecule has 5 aromatic rings. The molecular formula is C29H25F5N8O2. The van der Waals surface area contributed by atoms with Gasteiger partial charge in [-0.15, -0.1) is 0 Å². The number of pyridine rings is 1. The molecule has 4 aromatic heterocycles. The highest BCUT2D eigenvalue weighted by Gasteiger charge is 2.39. The van der Waals surface area contributed by atoms with Gasteiger partial charge in [-0.3, -0.25) is 4.79 Å². The molecule has 1 fully saturated rings. The number of halogens is 5. The van der Waals surface area contributed by atoms with Crippen LogP contribution in [0.3, 0.4) is 0 Å². The maximum atomic E-state index is 13.7. The van der Waals surface area contributed by atoms with Gasteiger partial charge in [0, 0.05) is 49.1 Å². The Morgan fingerprint density at radius 3 is 2.50 bits per heavy atom. The van der Waals surface area contributed by atoms with Gasteiger partial charge in [0.25, 0.3) is 5.91 Å². The summed E-state index contributed by atoms with van der Waals surface area (Å²) < 4.78 is 69.2. The number of hydrogen-bond donors (Lipinski definition) is 2. The summed E-state index contributed by atoms with van der Waals surface area (Å²) in [6, 6.07) is 11.5. The minimum atomic E-state index is -4.68. The van der Waals surface area contributed by atoms with Crippen LogP contribution in [0.2, 0.25) is 0 Å². The number of aliphatic hydroxyl groups is 1. The molecule has 0 aliphatic carbocycles. The number of β-amino-alcohol motifs (C(OH)–C–C–N with tert-alkyl or cyclic N) is 1. The van der Waals surface area contributed by atoms with Crippen molar-refractivity contribution in [2.75, 3.05) is 25.0 Å². The molecule has 10 nitrogen and oxygen atoms in total. The predicted octanol–water partition coefficient (Wildman–Crippen LogP) is 4.75. The first-order chi connectivity index (χ1) is 21.0. The number of rotatable bonds is 7. The van der Waals surface area contributed by atoms with Gasteiger partial charge in [-0.25, -0.2) is 23.9 Å². The van der Waals surface area contributed by atoms with E-state index in [0.717, 1.165) is 6.07 Å². The zero-order valence-corrected chi connectivity index (χ0v) is 22.9. The average molecular weight is 613 g/mol. The Morgan fingerprint density at radius 2 is 1.80 bits per heavy atom. The molecule has 1 aliphatic rings. The number of anilines is 1. The summed E-state index contributed by atoms with van der Waals surface area (Å²) in [6.07, 6.45) is -1.80. The van der Waals surface area contributed by atoms with Gasteiger partial charge in [-0.2, -0.15) is 22.7 Å². The molecular weight excluding hydrogens is 587 g/mol. The number of aliphatic hydroxyl groups excluding tert-OH is 1. The molecule has 0 spiro atoms. The second-order valence-corrected chi connectivity index (χ2v) is 10.4. The molecule has 2 N–H and O–H groups in total. The normalized spacial score (nSPS) is 15.5. The second kappa shape index (κ2) is 11.7. The van der Waals surface area contributed by atoms with Crippen LogP contribution in [0.4, 0.5) is 27.8 Å². The molecule has 1 unspecified atom stereocenters. The number of hydrogen-bond acceptors (Lipinski definition) is 7. The highest BCUT2D eigenvalue weighted by atomic mass is 19.4. The lowest BCUT2D eigenvalue weighted by Gasteiger charge is -2.34. The van der Waals surface area contributed by atoms with Crippen LogP contribution in [0.5, 0.6) is 0 Å². The zero-order valence-electron chi connectivity index (χ0n) is 22.9. The van der Waals surface area contributed by atoms with Crippen LogP contribution >= 0.6 is 0 Å². The Kier molecular flexibility index (Phi) is 7.82. The first kappa shape index (κ1) is 29.3. The molecule has 0 radical (unpaired) electrons. The summed E-state index contributed by atoms with van der Waals surface area (Å²) >= 11 is 0. The number of amides is 1. The summed E-state index contributed by atoms with van der Waals surface area (Å²) in [5.41, 5.74) is 2.73. The molecule has 15 heteroatoms. The summed E-state index contributed by atoms with van der Waals surface area (Å²) in [4.78, 5) is 26.6. The van der Waals surface area contributed by atoms with E-state index < -0.39 is 36.5 Å². The molecule has 1 saturated heterocycles.